The van der Waals surface area contributed by atoms with Crippen LogP contribution >= 0.6 is 0 Å². The van der Waals surface area contributed by atoms with Crippen LogP contribution in [0.1, 0.15) is 27.2 Å². The Balaban J connectivity index is 3.64. The number of ether oxygens (including phenoxy) is 1. The number of aliphatic hydroxyl groups excluding tert-OH is 1. The minimum absolute atomic E-state index is 0.00967. The standard InChI is InChI=1S/C8H16O3/c1-7(10)8(2,3)11-6-4-5-9/h9H,4-6H2,1-3H3. The van der Waals surface area contributed by atoms with E-state index in [1.165, 1.54) is 6.92 Å². The molecule has 0 heterocycles. The Bertz CT molecular complexity index is 129. The van der Waals surface area contributed by atoms with E-state index < -0.39 is 5.60 Å². The molecule has 3 nitrogen and oxygen atoms in total. The van der Waals surface area contributed by atoms with Crippen molar-refractivity contribution < 1.29 is 14.6 Å². The topological polar surface area (TPSA) is 46.5 Å². The summed E-state index contributed by atoms with van der Waals surface area (Å²) in [4.78, 5) is 10.9. The lowest BCUT2D eigenvalue weighted by Gasteiger charge is -2.21. The Morgan fingerprint density at radius 3 is 2.45 bits per heavy atom. The first kappa shape index (κ1) is 10.6. The van der Waals surface area contributed by atoms with E-state index in [1.807, 2.05) is 0 Å². The highest BCUT2D eigenvalue weighted by molar-refractivity contribution is 5.83. The van der Waals surface area contributed by atoms with Gasteiger partial charge in [0.05, 0.1) is 6.61 Å². The van der Waals surface area contributed by atoms with Crippen LogP contribution in [0.2, 0.25) is 0 Å². The molecule has 0 aromatic rings. The monoisotopic (exact) mass is 160 g/mol. The average Bonchev–Trinajstić information content (AvgIpc) is 1.88. The molecule has 0 unspecified atom stereocenters. The first-order valence-corrected chi connectivity index (χ1v) is 3.76. The fourth-order valence-corrected chi connectivity index (χ4v) is 0.494. The molecule has 0 saturated carbocycles. The third kappa shape index (κ3) is 4.11. The Morgan fingerprint density at radius 1 is 1.55 bits per heavy atom. The van der Waals surface area contributed by atoms with E-state index in [4.69, 9.17) is 9.84 Å². The number of Topliss-reactive ketones (excluding diaryl/α,β-unsaturated/α-hetero) is 1. The van der Waals surface area contributed by atoms with Gasteiger partial charge in [-0.05, 0) is 27.2 Å². The van der Waals surface area contributed by atoms with E-state index in [2.05, 4.69) is 0 Å². The van der Waals surface area contributed by atoms with Gasteiger partial charge in [0.2, 0.25) is 0 Å². The molecule has 0 saturated heterocycles. The molecule has 3 heteroatoms. The molecule has 0 aliphatic heterocycles. The van der Waals surface area contributed by atoms with Gasteiger partial charge in [-0.2, -0.15) is 0 Å². The summed E-state index contributed by atoms with van der Waals surface area (Å²) in [7, 11) is 0. The van der Waals surface area contributed by atoms with Crippen molar-refractivity contribution in [2.45, 2.75) is 32.8 Å². The van der Waals surface area contributed by atoms with Crippen molar-refractivity contribution in [2.75, 3.05) is 13.2 Å². The van der Waals surface area contributed by atoms with Crippen molar-refractivity contribution in [3.8, 4) is 0 Å². The van der Waals surface area contributed by atoms with Crippen LogP contribution in [0.4, 0.5) is 0 Å². The quantitative estimate of drug-likeness (QED) is 0.604. The lowest BCUT2D eigenvalue weighted by Crippen LogP contribution is -2.33. The minimum Gasteiger partial charge on any atom is -0.396 e. The van der Waals surface area contributed by atoms with Crippen LogP contribution in [0, 0.1) is 0 Å². The van der Waals surface area contributed by atoms with Gasteiger partial charge in [-0.3, -0.25) is 4.79 Å². The van der Waals surface area contributed by atoms with Crippen LogP contribution in [-0.2, 0) is 9.53 Å². The summed E-state index contributed by atoms with van der Waals surface area (Å²) in [6.07, 6.45) is 0.580. The second kappa shape index (κ2) is 4.46. The van der Waals surface area contributed by atoms with Crippen LogP contribution < -0.4 is 0 Å². The Morgan fingerprint density at radius 2 is 2.09 bits per heavy atom. The lowest BCUT2D eigenvalue weighted by atomic mass is 10.1. The maximum absolute atomic E-state index is 10.9. The molecule has 11 heavy (non-hydrogen) atoms. The van der Waals surface area contributed by atoms with Crippen molar-refractivity contribution >= 4 is 5.78 Å². The summed E-state index contributed by atoms with van der Waals surface area (Å²) in [6.45, 7) is 5.50. The van der Waals surface area contributed by atoms with E-state index in [-0.39, 0.29) is 12.4 Å². The largest absolute Gasteiger partial charge is 0.396 e. The molecular weight excluding hydrogens is 144 g/mol. The van der Waals surface area contributed by atoms with Gasteiger partial charge in [-0.25, -0.2) is 0 Å². The molecule has 0 aromatic heterocycles. The van der Waals surface area contributed by atoms with Crippen LogP contribution in [0.25, 0.3) is 0 Å². The molecule has 1 N–H and O–H groups in total. The smallest absolute Gasteiger partial charge is 0.160 e. The van der Waals surface area contributed by atoms with E-state index in [9.17, 15) is 4.79 Å². The minimum atomic E-state index is -0.699. The fraction of sp³-hybridized carbons (Fsp3) is 0.875. The highest BCUT2D eigenvalue weighted by atomic mass is 16.5. The van der Waals surface area contributed by atoms with Crippen LogP contribution in [0.5, 0.6) is 0 Å². The van der Waals surface area contributed by atoms with Gasteiger partial charge < -0.3 is 9.84 Å². The number of ketones is 1. The number of hydrogen-bond acceptors (Lipinski definition) is 3. The first-order chi connectivity index (χ1) is 5.00. The summed E-state index contributed by atoms with van der Waals surface area (Å²) in [5.41, 5.74) is -0.699. The zero-order chi connectivity index (χ0) is 8.91. The van der Waals surface area contributed by atoms with Crippen molar-refractivity contribution in [1.82, 2.24) is 0 Å². The predicted molar refractivity (Wildman–Crippen MR) is 42.4 cm³/mol. The summed E-state index contributed by atoms with van der Waals surface area (Å²) >= 11 is 0. The summed E-state index contributed by atoms with van der Waals surface area (Å²) < 4.78 is 5.22. The molecule has 66 valence electrons. The fourth-order valence-electron chi connectivity index (χ4n) is 0.494. The van der Waals surface area contributed by atoms with Crippen molar-refractivity contribution in [3.05, 3.63) is 0 Å². The number of carbonyl (C=O) groups is 1. The highest BCUT2D eigenvalue weighted by Gasteiger charge is 2.23. The summed E-state index contributed by atoms with van der Waals surface area (Å²) in [5.74, 6) is 0.00967. The Kier molecular flexibility index (Phi) is 4.30. The molecule has 0 spiro atoms. The molecule has 0 radical (unpaired) electrons. The molecule has 0 amide bonds. The zero-order valence-corrected chi connectivity index (χ0v) is 7.39. The van der Waals surface area contributed by atoms with E-state index in [1.54, 1.807) is 13.8 Å². The third-order valence-electron chi connectivity index (χ3n) is 1.61. The van der Waals surface area contributed by atoms with Crippen LogP contribution in [0.3, 0.4) is 0 Å². The molecule has 0 aliphatic rings. The number of rotatable bonds is 5. The molecular formula is C8H16O3. The van der Waals surface area contributed by atoms with E-state index in [0.717, 1.165) is 0 Å². The molecule has 0 rings (SSSR count). The van der Waals surface area contributed by atoms with Crippen LogP contribution in [0.15, 0.2) is 0 Å². The van der Waals surface area contributed by atoms with Gasteiger partial charge in [-0.15, -0.1) is 0 Å². The number of carbonyl (C=O) groups excluding carboxylic acids is 1. The van der Waals surface area contributed by atoms with Gasteiger partial charge >= 0.3 is 0 Å². The predicted octanol–water partition coefficient (Wildman–Crippen LogP) is 0.753. The van der Waals surface area contributed by atoms with Gasteiger partial charge in [-0.1, -0.05) is 0 Å². The second-order valence-electron chi connectivity index (χ2n) is 2.99. The van der Waals surface area contributed by atoms with Crippen molar-refractivity contribution in [1.29, 1.82) is 0 Å². The lowest BCUT2D eigenvalue weighted by molar-refractivity contribution is -0.138. The van der Waals surface area contributed by atoms with Crippen molar-refractivity contribution in [2.24, 2.45) is 0 Å². The van der Waals surface area contributed by atoms with E-state index >= 15 is 0 Å². The maximum atomic E-state index is 10.9. The second-order valence-corrected chi connectivity index (χ2v) is 2.99. The summed E-state index contributed by atoms with van der Waals surface area (Å²) in [6, 6.07) is 0. The molecule has 0 aromatic carbocycles. The van der Waals surface area contributed by atoms with Gasteiger partial charge in [0.15, 0.2) is 5.78 Å². The summed E-state index contributed by atoms with van der Waals surface area (Å²) in [5, 5.41) is 8.44. The Hall–Kier alpha value is -0.410. The maximum Gasteiger partial charge on any atom is 0.160 e. The van der Waals surface area contributed by atoms with Gasteiger partial charge in [0, 0.05) is 6.61 Å². The van der Waals surface area contributed by atoms with Gasteiger partial charge in [0.25, 0.3) is 0 Å². The molecule has 0 atom stereocenters. The molecule has 0 bridgehead atoms. The molecule has 0 aliphatic carbocycles. The van der Waals surface area contributed by atoms with Crippen molar-refractivity contribution in [3.63, 3.8) is 0 Å². The molecule has 0 fully saturated rings. The van der Waals surface area contributed by atoms with E-state index in [0.29, 0.717) is 13.0 Å². The number of hydrogen-bond donors (Lipinski definition) is 1. The zero-order valence-electron chi connectivity index (χ0n) is 7.39. The van der Waals surface area contributed by atoms with Gasteiger partial charge in [0.1, 0.15) is 5.60 Å². The Labute approximate surface area is 67.4 Å². The highest BCUT2D eigenvalue weighted by Crippen LogP contribution is 2.10. The van der Waals surface area contributed by atoms with Crippen LogP contribution in [-0.4, -0.2) is 29.7 Å². The third-order valence-corrected chi connectivity index (χ3v) is 1.61. The SMILES string of the molecule is CC(=O)C(C)(C)OCCCO. The normalized spacial score (nSPS) is 11.6. The average molecular weight is 160 g/mol. The number of aliphatic hydroxyl groups is 1. The first-order valence-electron chi connectivity index (χ1n) is 3.76.